The number of halogens is 8. The Labute approximate surface area is 553 Å². The molecule has 0 N–H and O–H groups in total. The van der Waals surface area contributed by atoms with E-state index >= 15 is 0 Å². The van der Waals surface area contributed by atoms with Crippen LogP contribution in [-0.4, -0.2) is 44.4 Å². The van der Waals surface area contributed by atoms with Crippen LogP contribution in [0.1, 0.15) is 22.3 Å². The van der Waals surface area contributed by atoms with Crippen LogP contribution in [0.4, 0.5) is 68.6 Å². The predicted molar refractivity (Wildman–Crippen MR) is 362 cm³/mol. The summed E-state index contributed by atoms with van der Waals surface area (Å²) >= 11 is 0. The normalized spacial score (nSPS) is 11.1. The Balaban J connectivity index is 0.000000180. The molecule has 0 aliphatic carbocycles. The first kappa shape index (κ1) is 66.9. The molecule has 0 fully saturated rings. The first-order chi connectivity index (χ1) is 45.2. The van der Waals surface area contributed by atoms with Crippen LogP contribution in [0.5, 0.6) is 23.3 Å². The van der Waals surface area contributed by atoms with Gasteiger partial charge in [-0.2, -0.15) is 0 Å². The van der Waals surface area contributed by atoms with Gasteiger partial charge in [-0.05, 0) is 161 Å². The summed E-state index contributed by atoms with van der Waals surface area (Å²) in [5.41, 5.74) is 17.9. The number of ether oxygens (including phenoxy) is 2. The van der Waals surface area contributed by atoms with Gasteiger partial charge >= 0.3 is 31.3 Å². The standard InChI is InChI=1S/2C37H28N4O.2BF4.Co/c2*1-25-8-15-29(16-9-25)41(30-17-10-26(2)11-18-30)31-19-21-32(22-20-31)42-35-7-3-6-33(39-35)34-23-14-28-13-12-27-5-4-24-38-36(27)37(28)40-34;2*2-1(3,4)5;/h2*3-24H,1-2H3;;;/q;;2*-1;+2. The molecular weight excluding hydrogens is 1270 g/mol. The van der Waals surface area contributed by atoms with Crippen LogP contribution in [0.15, 0.2) is 267 Å². The second-order valence-electron chi connectivity index (χ2n) is 21.7. The number of pyridine rings is 6. The topological polar surface area (TPSA) is 102 Å². The molecule has 0 bridgehead atoms. The van der Waals surface area contributed by atoms with Crippen molar-refractivity contribution in [2.24, 2.45) is 0 Å². The van der Waals surface area contributed by atoms with Gasteiger partial charge in [0.05, 0.1) is 44.8 Å². The molecule has 8 aromatic carbocycles. The van der Waals surface area contributed by atoms with Crippen molar-refractivity contribution in [3.05, 3.63) is 289 Å². The van der Waals surface area contributed by atoms with Crippen LogP contribution in [-0.2, 0) is 16.8 Å². The average molecular weight is 1320 g/mol. The van der Waals surface area contributed by atoms with E-state index in [1.165, 1.54) is 22.3 Å². The minimum atomic E-state index is -6.00. The van der Waals surface area contributed by atoms with Gasteiger partial charge < -0.3 is 53.8 Å². The Morgan fingerprint density at radius 1 is 0.274 bits per heavy atom. The SMILES string of the molecule is Cc1ccc(N(c2ccc(C)cc2)c2ccc(Oc3cccc(-c4ccc5ccc6cccnc6c5n4)n3)cc2)cc1.Cc1ccc(N(c2ccc(C)cc2)c2ccc(Oc3cccc(-c4ccc5ccc6cccnc6c5n4)n3)cc2)cc1.F[B-](F)(F)F.F[B-](F)(F)F.[Co+2]. The maximum Gasteiger partial charge on any atom is 2.00 e. The van der Waals surface area contributed by atoms with Gasteiger partial charge in [0.1, 0.15) is 11.5 Å². The molecule has 0 amide bonds. The predicted octanol–water partition coefficient (Wildman–Crippen LogP) is 22.0. The second kappa shape index (κ2) is 29.7. The third-order valence-electron chi connectivity index (χ3n) is 14.6. The van der Waals surface area contributed by atoms with Gasteiger partial charge in [-0.25, -0.2) is 19.9 Å². The molecule has 0 spiro atoms. The van der Waals surface area contributed by atoms with Crippen LogP contribution in [0.25, 0.3) is 66.4 Å². The Morgan fingerprint density at radius 3 is 0.821 bits per heavy atom. The van der Waals surface area contributed by atoms with Crippen LogP contribution < -0.4 is 19.3 Å². The minimum absolute atomic E-state index is 0. The number of fused-ring (bicyclic) bond motifs is 6. The van der Waals surface area contributed by atoms with E-state index in [9.17, 15) is 34.5 Å². The van der Waals surface area contributed by atoms with Crippen molar-refractivity contribution >= 4 is 92.2 Å². The van der Waals surface area contributed by atoms with Crippen LogP contribution >= 0.6 is 0 Å². The molecule has 0 aliphatic heterocycles. The molecule has 6 aromatic heterocycles. The van der Waals surface area contributed by atoms with Crippen molar-refractivity contribution in [3.63, 3.8) is 0 Å². The summed E-state index contributed by atoms with van der Waals surface area (Å²) in [7, 11) is -12.0. The Bertz CT molecular complexity index is 4500. The van der Waals surface area contributed by atoms with Crippen molar-refractivity contribution < 1.29 is 60.8 Å². The summed E-state index contributed by atoms with van der Waals surface area (Å²) in [4.78, 5) is 33.1. The number of nitrogens with zero attached hydrogens (tertiary/aromatic N) is 8. The average Bonchev–Trinajstić information content (AvgIpc) is 0.807. The van der Waals surface area contributed by atoms with Crippen molar-refractivity contribution in [3.8, 4) is 46.0 Å². The second-order valence-corrected chi connectivity index (χ2v) is 21.7. The largest absolute Gasteiger partial charge is 2.00 e. The minimum Gasteiger partial charge on any atom is -0.439 e. The third-order valence-corrected chi connectivity index (χ3v) is 14.6. The molecule has 14 rings (SSSR count). The number of hydrogen-bond acceptors (Lipinski definition) is 10. The van der Waals surface area contributed by atoms with Gasteiger partial charge in [0.25, 0.3) is 0 Å². The molecule has 10 nitrogen and oxygen atoms in total. The quantitative estimate of drug-likeness (QED) is 0.0667. The molecule has 0 unspecified atom stereocenters. The maximum absolute atomic E-state index is 9.75. The summed E-state index contributed by atoms with van der Waals surface area (Å²) in [5.74, 6) is 2.43. The fraction of sp³-hybridized carbons (Fsp3) is 0.0541. The van der Waals surface area contributed by atoms with Crippen LogP contribution in [0.3, 0.4) is 0 Å². The summed E-state index contributed by atoms with van der Waals surface area (Å²) in [5, 5.41) is 4.21. The molecule has 95 heavy (non-hydrogen) atoms. The number of rotatable bonds is 12. The van der Waals surface area contributed by atoms with E-state index in [4.69, 9.17) is 29.4 Å². The van der Waals surface area contributed by atoms with Crippen LogP contribution in [0, 0.1) is 27.7 Å². The summed E-state index contributed by atoms with van der Waals surface area (Å²) in [6.45, 7) is 8.41. The number of aromatic nitrogens is 6. The number of benzene rings is 8. The smallest absolute Gasteiger partial charge is 0.439 e. The molecule has 0 aliphatic rings. The molecular formula is C74H56B2CoF8N8O2. The van der Waals surface area contributed by atoms with Gasteiger partial charge in [0.15, 0.2) is 0 Å². The fourth-order valence-electron chi connectivity index (χ4n) is 10.2. The molecule has 0 atom stereocenters. The summed E-state index contributed by atoms with van der Waals surface area (Å²) in [6, 6.07) is 86.3. The molecule has 475 valence electrons. The number of hydrogen-bond donors (Lipinski definition) is 0. The number of anilines is 6. The zero-order valence-electron chi connectivity index (χ0n) is 51.3. The first-order valence-electron chi connectivity index (χ1n) is 29.6. The molecule has 0 saturated heterocycles. The van der Waals surface area contributed by atoms with Gasteiger partial charge in [0.2, 0.25) is 11.8 Å². The summed E-state index contributed by atoms with van der Waals surface area (Å²) in [6.07, 6.45) is 3.60. The Kier molecular flexibility index (Phi) is 20.9. The van der Waals surface area contributed by atoms with E-state index in [0.29, 0.717) is 23.3 Å². The van der Waals surface area contributed by atoms with Gasteiger partial charge in [-0.15, -0.1) is 0 Å². The van der Waals surface area contributed by atoms with Crippen molar-refractivity contribution in [2.75, 3.05) is 9.80 Å². The van der Waals surface area contributed by atoms with E-state index in [0.717, 1.165) is 101 Å². The fourth-order valence-corrected chi connectivity index (χ4v) is 10.2. The van der Waals surface area contributed by atoms with E-state index in [2.05, 4.69) is 217 Å². The molecule has 14 aromatic rings. The van der Waals surface area contributed by atoms with Crippen molar-refractivity contribution in [1.82, 2.24) is 29.9 Å². The van der Waals surface area contributed by atoms with E-state index in [1.54, 1.807) is 12.4 Å². The van der Waals surface area contributed by atoms with Gasteiger partial charge in [-0.3, -0.25) is 9.97 Å². The Hall–Kier alpha value is -11.0. The number of aryl methyl sites for hydroxylation is 4. The Morgan fingerprint density at radius 2 is 0.526 bits per heavy atom. The monoisotopic (exact) mass is 1320 g/mol. The van der Waals surface area contributed by atoms with Gasteiger partial charge in [-0.1, -0.05) is 131 Å². The van der Waals surface area contributed by atoms with E-state index in [1.807, 2.05) is 84.9 Å². The first-order valence-corrected chi connectivity index (χ1v) is 29.6. The molecule has 0 saturated carbocycles. The van der Waals surface area contributed by atoms with Crippen LogP contribution in [0.2, 0.25) is 0 Å². The van der Waals surface area contributed by atoms with Gasteiger partial charge in [0, 0.05) is 80.2 Å². The summed E-state index contributed by atoms with van der Waals surface area (Å²) < 4.78 is 90.4. The van der Waals surface area contributed by atoms with E-state index < -0.39 is 14.5 Å². The van der Waals surface area contributed by atoms with E-state index in [-0.39, 0.29) is 16.8 Å². The maximum atomic E-state index is 9.75. The molecule has 6 heterocycles. The van der Waals surface area contributed by atoms with Crippen molar-refractivity contribution in [1.29, 1.82) is 0 Å². The molecule has 21 heteroatoms. The third kappa shape index (κ3) is 17.8. The molecule has 1 radical (unpaired) electrons. The zero-order chi connectivity index (χ0) is 65.9. The zero-order valence-corrected chi connectivity index (χ0v) is 52.4. The van der Waals surface area contributed by atoms with Crippen molar-refractivity contribution in [2.45, 2.75) is 27.7 Å².